The van der Waals surface area contributed by atoms with Gasteiger partial charge in [0, 0.05) is 19.7 Å². The van der Waals surface area contributed by atoms with Crippen molar-refractivity contribution in [3.8, 4) is 0 Å². The number of aliphatic hydroxyl groups excluding tert-OH is 1. The van der Waals surface area contributed by atoms with E-state index in [0.717, 1.165) is 51.6 Å². The van der Waals surface area contributed by atoms with Crippen molar-refractivity contribution in [3.63, 3.8) is 0 Å². The predicted molar refractivity (Wildman–Crippen MR) is 73.8 cm³/mol. The average Bonchev–Trinajstić information content (AvgIpc) is 2.74. The van der Waals surface area contributed by atoms with Crippen molar-refractivity contribution in [2.24, 2.45) is 5.92 Å². The first kappa shape index (κ1) is 14.8. The van der Waals surface area contributed by atoms with Crippen molar-refractivity contribution >= 4 is 5.91 Å². The molecule has 0 spiro atoms. The Labute approximate surface area is 116 Å². The Bertz CT molecular complexity index is 267. The molecular weight excluding hydrogens is 242 g/mol. The van der Waals surface area contributed by atoms with Gasteiger partial charge in [-0.1, -0.05) is 12.8 Å². The normalized spacial score (nSPS) is 29.0. The van der Waals surface area contributed by atoms with Gasteiger partial charge in [0.15, 0.2) is 0 Å². The van der Waals surface area contributed by atoms with Crippen LogP contribution in [-0.2, 0) is 9.53 Å². The van der Waals surface area contributed by atoms with Gasteiger partial charge in [0.05, 0.1) is 6.10 Å². The van der Waals surface area contributed by atoms with Gasteiger partial charge < -0.3 is 14.7 Å². The molecule has 1 amide bonds. The fourth-order valence-corrected chi connectivity index (χ4v) is 3.08. The third-order valence-corrected chi connectivity index (χ3v) is 4.45. The lowest BCUT2D eigenvalue weighted by molar-refractivity contribution is -0.139. The Morgan fingerprint density at radius 2 is 1.68 bits per heavy atom. The zero-order chi connectivity index (χ0) is 13.5. The molecule has 1 heterocycles. The van der Waals surface area contributed by atoms with E-state index in [1.807, 2.05) is 4.90 Å². The summed E-state index contributed by atoms with van der Waals surface area (Å²) in [4.78, 5) is 14.0. The topological polar surface area (TPSA) is 49.8 Å². The van der Waals surface area contributed by atoms with Gasteiger partial charge in [0.1, 0.15) is 6.61 Å². The summed E-state index contributed by atoms with van der Waals surface area (Å²) < 4.78 is 5.76. The first-order valence-electron chi connectivity index (χ1n) is 7.80. The highest BCUT2D eigenvalue weighted by Crippen LogP contribution is 2.25. The molecule has 2 rings (SSSR count). The Balaban J connectivity index is 1.65. The van der Waals surface area contributed by atoms with Crippen molar-refractivity contribution < 1.29 is 14.6 Å². The van der Waals surface area contributed by atoms with E-state index in [4.69, 9.17) is 9.84 Å². The monoisotopic (exact) mass is 269 g/mol. The quantitative estimate of drug-likeness (QED) is 0.848. The minimum absolute atomic E-state index is 0.159. The number of hydrogen-bond donors (Lipinski definition) is 1. The highest BCUT2D eigenvalue weighted by atomic mass is 16.5. The van der Waals surface area contributed by atoms with Crippen LogP contribution in [0.15, 0.2) is 0 Å². The van der Waals surface area contributed by atoms with Crippen molar-refractivity contribution in [1.82, 2.24) is 4.90 Å². The van der Waals surface area contributed by atoms with Crippen LogP contribution in [0.1, 0.15) is 51.4 Å². The minimum atomic E-state index is 0.159. The molecule has 1 saturated carbocycles. The van der Waals surface area contributed by atoms with Crippen LogP contribution in [0.2, 0.25) is 0 Å². The van der Waals surface area contributed by atoms with E-state index in [1.165, 1.54) is 12.8 Å². The Morgan fingerprint density at radius 3 is 2.26 bits per heavy atom. The van der Waals surface area contributed by atoms with Gasteiger partial charge in [-0.25, -0.2) is 0 Å². The lowest BCUT2D eigenvalue weighted by atomic mass is 9.88. The molecule has 1 aliphatic heterocycles. The van der Waals surface area contributed by atoms with Crippen LogP contribution in [0.4, 0.5) is 0 Å². The number of nitrogens with zero attached hydrogens (tertiary/aromatic N) is 1. The summed E-state index contributed by atoms with van der Waals surface area (Å²) in [6.45, 7) is 2.34. The first-order chi connectivity index (χ1) is 9.29. The van der Waals surface area contributed by atoms with Crippen LogP contribution in [-0.4, -0.2) is 48.3 Å². The molecule has 0 aromatic carbocycles. The molecule has 1 N–H and O–H groups in total. The second kappa shape index (κ2) is 7.85. The lowest BCUT2D eigenvalue weighted by Gasteiger charge is -2.28. The van der Waals surface area contributed by atoms with Crippen LogP contribution in [0.5, 0.6) is 0 Å². The molecule has 0 aromatic rings. The van der Waals surface area contributed by atoms with Gasteiger partial charge in [0.25, 0.3) is 0 Å². The number of aliphatic hydroxyl groups is 1. The number of likely N-dealkylation sites (tertiary alicyclic amines) is 1. The van der Waals surface area contributed by atoms with Gasteiger partial charge in [0.2, 0.25) is 5.91 Å². The maximum absolute atomic E-state index is 12.1. The standard InChI is InChI=1S/C15H27NO3/c17-11-13-5-7-14(8-6-13)19-12-15(18)16-9-3-1-2-4-10-16/h13-14,17H,1-12H2. The van der Waals surface area contributed by atoms with E-state index in [9.17, 15) is 4.79 Å². The van der Waals surface area contributed by atoms with Crippen molar-refractivity contribution in [1.29, 1.82) is 0 Å². The maximum Gasteiger partial charge on any atom is 0.248 e. The molecule has 0 atom stereocenters. The Kier molecular flexibility index (Phi) is 6.11. The average molecular weight is 269 g/mol. The molecule has 4 nitrogen and oxygen atoms in total. The molecule has 110 valence electrons. The number of rotatable bonds is 4. The van der Waals surface area contributed by atoms with Crippen LogP contribution < -0.4 is 0 Å². The SMILES string of the molecule is O=C(COC1CCC(CO)CC1)N1CCCCCC1. The fourth-order valence-electron chi connectivity index (χ4n) is 3.08. The summed E-state index contributed by atoms with van der Waals surface area (Å²) in [5.41, 5.74) is 0. The van der Waals surface area contributed by atoms with Crippen molar-refractivity contribution in [3.05, 3.63) is 0 Å². The molecular formula is C15H27NO3. The smallest absolute Gasteiger partial charge is 0.248 e. The van der Waals surface area contributed by atoms with Gasteiger partial charge in [-0.2, -0.15) is 0 Å². The van der Waals surface area contributed by atoms with E-state index < -0.39 is 0 Å². The molecule has 2 aliphatic rings. The lowest BCUT2D eigenvalue weighted by Crippen LogP contribution is -2.36. The van der Waals surface area contributed by atoms with E-state index in [2.05, 4.69) is 0 Å². The molecule has 1 saturated heterocycles. The Hall–Kier alpha value is -0.610. The van der Waals surface area contributed by atoms with E-state index in [1.54, 1.807) is 0 Å². The Morgan fingerprint density at radius 1 is 1.05 bits per heavy atom. The summed E-state index contributed by atoms with van der Waals surface area (Å²) in [5.74, 6) is 0.604. The minimum Gasteiger partial charge on any atom is -0.396 e. The molecule has 0 unspecified atom stereocenters. The molecule has 2 fully saturated rings. The zero-order valence-electron chi connectivity index (χ0n) is 11.9. The summed E-state index contributed by atoms with van der Waals surface area (Å²) in [7, 11) is 0. The van der Waals surface area contributed by atoms with Crippen LogP contribution in [0, 0.1) is 5.92 Å². The first-order valence-corrected chi connectivity index (χ1v) is 7.80. The van der Waals surface area contributed by atoms with Gasteiger partial charge in [-0.15, -0.1) is 0 Å². The highest BCUT2D eigenvalue weighted by Gasteiger charge is 2.23. The molecule has 4 heteroatoms. The van der Waals surface area contributed by atoms with E-state index in [-0.39, 0.29) is 18.6 Å². The van der Waals surface area contributed by atoms with Crippen molar-refractivity contribution in [2.75, 3.05) is 26.3 Å². The zero-order valence-corrected chi connectivity index (χ0v) is 11.9. The van der Waals surface area contributed by atoms with Gasteiger partial charge >= 0.3 is 0 Å². The second-order valence-electron chi connectivity index (χ2n) is 5.93. The number of carbonyl (C=O) groups is 1. The van der Waals surface area contributed by atoms with E-state index in [0.29, 0.717) is 12.5 Å². The second-order valence-corrected chi connectivity index (χ2v) is 5.93. The maximum atomic E-state index is 12.1. The summed E-state index contributed by atoms with van der Waals surface area (Å²) in [5, 5.41) is 9.09. The van der Waals surface area contributed by atoms with Gasteiger partial charge in [-0.05, 0) is 44.4 Å². The number of ether oxygens (including phenoxy) is 1. The van der Waals surface area contributed by atoms with Crippen LogP contribution in [0.25, 0.3) is 0 Å². The summed E-state index contributed by atoms with van der Waals surface area (Å²) in [6.07, 6.45) is 9.00. The van der Waals surface area contributed by atoms with Crippen LogP contribution in [0.3, 0.4) is 0 Å². The molecule has 1 aliphatic carbocycles. The third kappa shape index (κ3) is 4.77. The summed E-state index contributed by atoms with van der Waals surface area (Å²) in [6, 6.07) is 0. The fraction of sp³-hybridized carbons (Fsp3) is 0.933. The van der Waals surface area contributed by atoms with Crippen LogP contribution >= 0.6 is 0 Å². The molecule has 0 aromatic heterocycles. The third-order valence-electron chi connectivity index (χ3n) is 4.45. The van der Waals surface area contributed by atoms with E-state index >= 15 is 0 Å². The number of carbonyl (C=O) groups excluding carboxylic acids is 1. The van der Waals surface area contributed by atoms with Gasteiger partial charge in [-0.3, -0.25) is 4.79 Å². The highest BCUT2D eigenvalue weighted by molar-refractivity contribution is 5.77. The number of hydrogen-bond acceptors (Lipinski definition) is 3. The largest absolute Gasteiger partial charge is 0.396 e. The van der Waals surface area contributed by atoms with Crippen molar-refractivity contribution in [2.45, 2.75) is 57.5 Å². The summed E-state index contributed by atoms with van der Waals surface area (Å²) >= 11 is 0. The number of amides is 1. The molecule has 0 radical (unpaired) electrons. The molecule has 0 bridgehead atoms. The predicted octanol–water partition coefficient (Wildman–Crippen LogP) is 1.96. The molecule has 19 heavy (non-hydrogen) atoms.